The Bertz CT molecular complexity index is 504. The monoisotopic (exact) mass is 279 g/mol. The van der Waals surface area contributed by atoms with E-state index in [0.717, 1.165) is 38.6 Å². The molecule has 4 N–H and O–H groups in total. The molecule has 5 heteroatoms. The molecule has 0 aliphatic carbocycles. The van der Waals surface area contributed by atoms with E-state index in [1.165, 1.54) is 12.1 Å². The second kappa shape index (κ2) is 6.11. The smallest absolute Gasteiger partial charge is 0.250 e. The molecule has 0 aromatic heterocycles. The number of amides is 1. The van der Waals surface area contributed by atoms with Gasteiger partial charge in [0.05, 0.1) is 11.3 Å². The molecule has 1 atom stereocenters. The van der Waals surface area contributed by atoms with Crippen LogP contribution in [0.4, 0.5) is 15.8 Å². The number of hydrogen-bond acceptors (Lipinski definition) is 3. The molecular weight excluding hydrogens is 257 g/mol. The minimum Gasteiger partial charge on any atom is -0.398 e. The minimum absolute atomic E-state index is 0.0987. The molecule has 0 radical (unpaired) electrons. The Morgan fingerprint density at radius 3 is 2.80 bits per heavy atom. The number of nitrogens with two attached hydrogens (primary N) is 2. The van der Waals surface area contributed by atoms with E-state index in [-0.39, 0.29) is 17.1 Å². The highest BCUT2D eigenvalue weighted by Crippen LogP contribution is 2.31. The van der Waals surface area contributed by atoms with E-state index in [2.05, 4.69) is 11.8 Å². The number of hydrogen-bond donors (Lipinski definition) is 2. The third-order valence-corrected chi connectivity index (χ3v) is 4.04. The Morgan fingerprint density at radius 2 is 2.15 bits per heavy atom. The summed E-state index contributed by atoms with van der Waals surface area (Å²) in [7, 11) is 0. The maximum absolute atomic E-state index is 14.2. The zero-order chi connectivity index (χ0) is 14.7. The minimum atomic E-state index is -0.619. The first kappa shape index (κ1) is 14.6. The summed E-state index contributed by atoms with van der Waals surface area (Å²) in [6, 6.07) is 3.00. The van der Waals surface area contributed by atoms with Crippen molar-refractivity contribution in [2.24, 2.45) is 5.73 Å². The van der Waals surface area contributed by atoms with Crippen LogP contribution >= 0.6 is 0 Å². The van der Waals surface area contributed by atoms with Crippen molar-refractivity contribution in [1.82, 2.24) is 0 Å². The predicted octanol–water partition coefficient (Wildman–Crippen LogP) is 2.67. The highest BCUT2D eigenvalue weighted by molar-refractivity contribution is 5.99. The third kappa shape index (κ3) is 2.86. The lowest BCUT2D eigenvalue weighted by Crippen LogP contribution is -2.35. The Balaban J connectivity index is 2.43. The fourth-order valence-corrected chi connectivity index (χ4v) is 2.93. The van der Waals surface area contributed by atoms with Crippen molar-refractivity contribution in [1.29, 1.82) is 0 Å². The van der Waals surface area contributed by atoms with Gasteiger partial charge in [0.2, 0.25) is 0 Å². The number of carbonyl (C=O) groups is 1. The molecule has 1 aromatic rings. The lowest BCUT2D eigenvalue weighted by molar-refractivity contribution is 0.100. The van der Waals surface area contributed by atoms with Crippen molar-refractivity contribution in [2.75, 3.05) is 17.2 Å². The van der Waals surface area contributed by atoms with Crippen molar-refractivity contribution in [2.45, 2.75) is 45.1 Å². The van der Waals surface area contributed by atoms with Crippen LogP contribution in [0.25, 0.3) is 0 Å². The number of carbonyl (C=O) groups excluding carboxylic acids is 1. The number of anilines is 2. The van der Waals surface area contributed by atoms with Crippen LogP contribution in [0.15, 0.2) is 12.1 Å². The van der Waals surface area contributed by atoms with Crippen molar-refractivity contribution in [3.05, 3.63) is 23.5 Å². The molecular formula is C15H22FN3O. The number of nitrogens with zero attached hydrogens (tertiary/aromatic N) is 1. The van der Waals surface area contributed by atoms with Crippen LogP contribution in [0.5, 0.6) is 0 Å². The highest BCUT2D eigenvalue weighted by atomic mass is 19.1. The quantitative estimate of drug-likeness (QED) is 0.835. The van der Waals surface area contributed by atoms with Crippen LogP contribution in [0.2, 0.25) is 0 Å². The maximum atomic E-state index is 14.2. The zero-order valence-electron chi connectivity index (χ0n) is 11.9. The summed E-state index contributed by atoms with van der Waals surface area (Å²) >= 11 is 0. The lowest BCUT2D eigenvalue weighted by atomic mass is 10.1. The maximum Gasteiger partial charge on any atom is 0.250 e. The van der Waals surface area contributed by atoms with Crippen molar-refractivity contribution < 1.29 is 9.18 Å². The van der Waals surface area contributed by atoms with Gasteiger partial charge in [-0.15, -0.1) is 0 Å². The zero-order valence-corrected chi connectivity index (χ0v) is 11.9. The van der Waals surface area contributed by atoms with Gasteiger partial charge < -0.3 is 16.4 Å². The summed E-state index contributed by atoms with van der Waals surface area (Å²) in [4.78, 5) is 13.5. The van der Waals surface area contributed by atoms with Gasteiger partial charge in [0, 0.05) is 18.3 Å². The second-order valence-electron chi connectivity index (χ2n) is 5.36. The van der Waals surface area contributed by atoms with E-state index in [4.69, 9.17) is 11.5 Å². The van der Waals surface area contributed by atoms with Crippen molar-refractivity contribution in [3.63, 3.8) is 0 Å². The largest absolute Gasteiger partial charge is 0.398 e. The summed E-state index contributed by atoms with van der Waals surface area (Å²) in [5, 5.41) is 0. The Labute approximate surface area is 118 Å². The molecule has 1 fully saturated rings. The summed E-state index contributed by atoms with van der Waals surface area (Å²) in [5.41, 5.74) is 11.7. The second-order valence-corrected chi connectivity index (χ2v) is 5.36. The Morgan fingerprint density at radius 1 is 1.40 bits per heavy atom. The van der Waals surface area contributed by atoms with Gasteiger partial charge in [-0.2, -0.15) is 0 Å². The van der Waals surface area contributed by atoms with Gasteiger partial charge in [-0.3, -0.25) is 4.79 Å². The molecule has 1 amide bonds. The van der Waals surface area contributed by atoms with Crippen molar-refractivity contribution in [3.8, 4) is 0 Å². The lowest BCUT2D eigenvalue weighted by Gasteiger charge is -2.32. The van der Waals surface area contributed by atoms with Crippen molar-refractivity contribution >= 4 is 17.3 Å². The topological polar surface area (TPSA) is 72.3 Å². The van der Waals surface area contributed by atoms with Crippen LogP contribution in [-0.2, 0) is 0 Å². The van der Waals surface area contributed by atoms with Crippen LogP contribution in [0.1, 0.15) is 49.4 Å². The Hall–Kier alpha value is -1.78. The first-order valence-electron chi connectivity index (χ1n) is 7.20. The van der Waals surface area contributed by atoms with E-state index in [1.54, 1.807) is 0 Å². The molecule has 1 heterocycles. The summed E-state index contributed by atoms with van der Waals surface area (Å²) in [5.74, 6) is -1.00. The molecule has 1 aliphatic heterocycles. The number of benzene rings is 1. The third-order valence-electron chi connectivity index (χ3n) is 4.04. The summed E-state index contributed by atoms with van der Waals surface area (Å²) in [6.07, 6.45) is 5.36. The normalized spacial score (nSPS) is 19.7. The van der Waals surface area contributed by atoms with Gasteiger partial charge >= 0.3 is 0 Å². The van der Waals surface area contributed by atoms with Crippen LogP contribution in [0, 0.1) is 5.82 Å². The van der Waals surface area contributed by atoms with Crippen LogP contribution in [0.3, 0.4) is 0 Å². The first-order valence-corrected chi connectivity index (χ1v) is 7.20. The SMILES string of the molecule is CCC1CCCCCN1c1cc(C(N)=O)c(N)cc1F. The van der Waals surface area contributed by atoms with Crippen LogP contribution < -0.4 is 16.4 Å². The van der Waals surface area contributed by atoms with Gasteiger partial charge in [0.25, 0.3) is 5.91 Å². The van der Waals surface area contributed by atoms with Gasteiger partial charge in [0.15, 0.2) is 0 Å². The molecule has 0 spiro atoms. The standard InChI is InChI=1S/C15H22FN3O/c1-2-10-6-4-3-5-7-19(10)14-8-11(15(18)20)13(17)9-12(14)16/h8-10H,2-7,17H2,1H3,(H2,18,20). The molecule has 1 saturated heterocycles. The molecule has 110 valence electrons. The molecule has 1 aliphatic rings. The van der Waals surface area contributed by atoms with E-state index in [0.29, 0.717) is 11.7 Å². The fraction of sp³-hybridized carbons (Fsp3) is 0.533. The highest BCUT2D eigenvalue weighted by Gasteiger charge is 2.24. The summed E-state index contributed by atoms with van der Waals surface area (Å²) < 4.78 is 14.2. The molecule has 1 aromatic carbocycles. The molecule has 0 saturated carbocycles. The average molecular weight is 279 g/mol. The molecule has 0 bridgehead atoms. The number of rotatable bonds is 3. The Kier molecular flexibility index (Phi) is 4.47. The summed E-state index contributed by atoms with van der Waals surface area (Å²) in [6.45, 7) is 2.91. The van der Waals surface area contributed by atoms with E-state index < -0.39 is 5.91 Å². The molecule has 20 heavy (non-hydrogen) atoms. The molecule has 1 unspecified atom stereocenters. The first-order chi connectivity index (χ1) is 9.54. The van der Waals surface area contributed by atoms with Gasteiger partial charge in [-0.05, 0) is 31.4 Å². The molecule has 2 rings (SSSR count). The van der Waals surface area contributed by atoms with Gasteiger partial charge in [-0.1, -0.05) is 19.8 Å². The van der Waals surface area contributed by atoms with Gasteiger partial charge in [-0.25, -0.2) is 4.39 Å². The average Bonchev–Trinajstić information content (AvgIpc) is 2.63. The van der Waals surface area contributed by atoms with E-state index >= 15 is 0 Å². The predicted molar refractivity (Wildman–Crippen MR) is 79.2 cm³/mol. The number of primary amides is 1. The number of nitrogen functional groups attached to an aromatic ring is 1. The number of halogens is 1. The van der Waals surface area contributed by atoms with Crippen LogP contribution in [-0.4, -0.2) is 18.5 Å². The molecule has 4 nitrogen and oxygen atoms in total. The fourth-order valence-electron chi connectivity index (χ4n) is 2.93. The van der Waals surface area contributed by atoms with E-state index in [9.17, 15) is 9.18 Å². The van der Waals surface area contributed by atoms with E-state index in [1.807, 2.05) is 0 Å². The van der Waals surface area contributed by atoms with Gasteiger partial charge in [0.1, 0.15) is 5.82 Å².